The normalized spacial score (nSPS) is 25.3. The van der Waals surface area contributed by atoms with Crippen molar-refractivity contribution in [2.45, 2.75) is 44.1 Å². The van der Waals surface area contributed by atoms with Gasteiger partial charge in [-0.15, -0.1) is 0 Å². The van der Waals surface area contributed by atoms with Crippen LogP contribution in [-0.4, -0.2) is 29.8 Å². The average Bonchev–Trinajstić information content (AvgIpc) is 3.42. The molecule has 0 saturated heterocycles. The van der Waals surface area contributed by atoms with E-state index in [9.17, 15) is 14.7 Å². The molecule has 150 valence electrons. The summed E-state index contributed by atoms with van der Waals surface area (Å²) in [5.74, 6) is -0.376. The highest BCUT2D eigenvalue weighted by atomic mass is 16.5. The number of amides is 1. The van der Waals surface area contributed by atoms with Crippen LogP contribution >= 0.6 is 0 Å². The highest BCUT2D eigenvalue weighted by molar-refractivity contribution is 5.82. The van der Waals surface area contributed by atoms with E-state index in [1.54, 1.807) is 0 Å². The SMILES string of the molecule is O=C(NC(C(=O)O)C12CCC(CC1)C2)OCC1c2ccccc2-c2ccccc21. The number of rotatable bonds is 5. The van der Waals surface area contributed by atoms with Gasteiger partial charge < -0.3 is 15.2 Å². The molecular formula is C24H25NO4. The molecule has 5 rings (SSSR count). The van der Waals surface area contributed by atoms with E-state index in [1.807, 2.05) is 24.3 Å². The number of benzene rings is 2. The second-order valence-corrected chi connectivity index (χ2v) is 8.75. The van der Waals surface area contributed by atoms with Gasteiger partial charge in [0.25, 0.3) is 0 Å². The van der Waals surface area contributed by atoms with Crippen molar-refractivity contribution in [3.63, 3.8) is 0 Å². The first-order chi connectivity index (χ1) is 14.1. The van der Waals surface area contributed by atoms with Gasteiger partial charge in [0.2, 0.25) is 0 Å². The largest absolute Gasteiger partial charge is 0.480 e. The molecule has 0 aromatic heterocycles. The maximum atomic E-state index is 12.6. The molecule has 2 aromatic rings. The first-order valence-electron chi connectivity index (χ1n) is 10.4. The van der Waals surface area contributed by atoms with Crippen LogP contribution in [-0.2, 0) is 9.53 Å². The van der Waals surface area contributed by atoms with Crippen molar-refractivity contribution in [3.05, 3.63) is 59.7 Å². The Hall–Kier alpha value is -2.82. The van der Waals surface area contributed by atoms with Crippen LogP contribution in [0.5, 0.6) is 0 Å². The van der Waals surface area contributed by atoms with Crippen LogP contribution in [0.1, 0.15) is 49.1 Å². The number of hydrogen-bond donors (Lipinski definition) is 2. The summed E-state index contributed by atoms with van der Waals surface area (Å²) in [5.41, 5.74) is 4.32. The fourth-order valence-electron chi connectivity index (χ4n) is 5.88. The summed E-state index contributed by atoms with van der Waals surface area (Å²) >= 11 is 0. The van der Waals surface area contributed by atoms with Crippen molar-refractivity contribution in [1.29, 1.82) is 0 Å². The molecule has 2 aromatic carbocycles. The minimum absolute atomic E-state index is 0.0306. The van der Waals surface area contributed by atoms with Crippen LogP contribution in [0.3, 0.4) is 0 Å². The van der Waals surface area contributed by atoms with Gasteiger partial charge in [0, 0.05) is 11.3 Å². The molecule has 1 unspecified atom stereocenters. The zero-order valence-corrected chi connectivity index (χ0v) is 16.3. The second-order valence-electron chi connectivity index (χ2n) is 8.75. The molecule has 1 atom stereocenters. The molecule has 2 fully saturated rings. The van der Waals surface area contributed by atoms with Gasteiger partial charge in [-0.1, -0.05) is 48.5 Å². The molecule has 5 nitrogen and oxygen atoms in total. The number of fused-ring (bicyclic) bond motifs is 5. The molecular weight excluding hydrogens is 366 g/mol. The molecule has 3 aliphatic carbocycles. The predicted molar refractivity (Wildman–Crippen MR) is 109 cm³/mol. The third-order valence-corrected chi connectivity index (χ3v) is 7.26. The number of aliphatic carboxylic acids is 1. The first kappa shape index (κ1) is 18.2. The monoisotopic (exact) mass is 391 g/mol. The van der Waals surface area contributed by atoms with E-state index >= 15 is 0 Å². The summed E-state index contributed by atoms with van der Waals surface area (Å²) in [6.45, 7) is 0.196. The molecule has 0 heterocycles. The van der Waals surface area contributed by atoms with Gasteiger partial charge in [-0.3, -0.25) is 0 Å². The lowest BCUT2D eigenvalue weighted by atomic mass is 9.77. The fraction of sp³-hybridized carbons (Fsp3) is 0.417. The summed E-state index contributed by atoms with van der Waals surface area (Å²) in [4.78, 5) is 24.5. The molecule has 2 N–H and O–H groups in total. The summed E-state index contributed by atoms with van der Waals surface area (Å²) in [6.07, 6.45) is 4.14. The van der Waals surface area contributed by atoms with Gasteiger partial charge in [-0.25, -0.2) is 9.59 Å². The number of ether oxygens (including phenoxy) is 1. The van der Waals surface area contributed by atoms with Gasteiger partial charge >= 0.3 is 12.1 Å². The number of carboxylic acid groups (broad SMARTS) is 1. The van der Waals surface area contributed by atoms with Crippen molar-refractivity contribution >= 4 is 12.1 Å². The van der Waals surface area contributed by atoms with E-state index in [2.05, 4.69) is 29.6 Å². The molecule has 2 bridgehead atoms. The Morgan fingerprint density at radius 3 is 2.14 bits per heavy atom. The molecule has 1 amide bonds. The van der Waals surface area contributed by atoms with Crippen LogP contribution in [0.15, 0.2) is 48.5 Å². The van der Waals surface area contributed by atoms with Crippen molar-refractivity contribution in [3.8, 4) is 11.1 Å². The van der Waals surface area contributed by atoms with Gasteiger partial charge in [0.05, 0.1) is 0 Å². The second kappa shape index (κ2) is 6.90. The summed E-state index contributed by atoms with van der Waals surface area (Å²) in [7, 11) is 0. The quantitative estimate of drug-likeness (QED) is 0.784. The minimum atomic E-state index is -0.957. The Morgan fingerprint density at radius 2 is 1.62 bits per heavy atom. The number of alkyl carbamates (subject to hydrolysis) is 1. The fourth-order valence-corrected chi connectivity index (χ4v) is 5.88. The van der Waals surface area contributed by atoms with Crippen molar-refractivity contribution in [2.75, 3.05) is 6.61 Å². The van der Waals surface area contributed by atoms with Crippen molar-refractivity contribution in [1.82, 2.24) is 5.32 Å². The van der Waals surface area contributed by atoms with E-state index in [1.165, 1.54) is 11.1 Å². The topological polar surface area (TPSA) is 75.6 Å². The number of nitrogens with one attached hydrogen (secondary N) is 1. The van der Waals surface area contributed by atoms with Crippen LogP contribution in [0.25, 0.3) is 11.1 Å². The molecule has 0 aliphatic heterocycles. The average molecular weight is 391 g/mol. The lowest BCUT2D eigenvalue weighted by molar-refractivity contribution is -0.143. The maximum absolute atomic E-state index is 12.6. The Kier molecular flexibility index (Phi) is 4.34. The maximum Gasteiger partial charge on any atom is 0.407 e. The van der Waals surface area contributed by atoms with Crippen LogP contribution in [0.2, 0.25) is 0 Å². The zero-order valence-electron chi connectivity index (χ0n) is 16.3. The Bertz CT molecular complexity index is 915. The van der Waals surface area contributed by atoms with Crippen LogP contribution < -0.4 is 5.32 Å². The van der Waals surface area contributed by atoms with Gasteiger partial charge in [-0.2, -0.15) is 0 Å². The summed E-state index contributed by atoms with van der Waals surface area (Å²) in [5, 5.41) is 12.5. The van der Waals surface area contributed by atoms with E-state index in [4.69, 9.17) is 4.74 Å². The number of carboxylic acids is 1. The van der Waals surface area contributed by atoms with Gasteiger partial charge in [0.15, 0.2) is 0 Å². The third-order valence-electron chi connectivity index (χ3n) is 7.26. The highest BCUT2D eigenvalue weighted by Gasteiger charge is 2.53. The molecule has 2 saturated carbocycles. The number of carbonyl (C=O) groups is 2. The number of hydrogen-bond acceptors (Lipinski definition) is 3. The number of carbonyl (C=O) groups excluding carboxylic acids is 1. The van der Waals surface area contributed by atoms with Crippen molar-refractivity contribution in [2.24, 2.45) is 11.3 Å². The van der Waals surface area contributed by atoms with Gasteiger partial charge in [-0.05, 0) is 60.3 Å². The molecule has 0 spiro atoms. The lowest BCUT2D eigenvalue weighted by Gasteiger charge is -2.33. The van der Waals surface area contributed by atoms with Crippen LogP contribution in [0.4, 0.5) is 4.79 Å². The third kappa shape index (κ3) is 3.00. The van der Waals surface area contributed by atoms with E-state index in [0.29, 0.717) is 5.92 Å². The molecule has 3 aliphatic rings. The van der Waals surface area contributed by atoms with Gasteiger partial charge in [0.1, 0.15) is 12.6 Å². The van der Waals surface area contributed by atoms with Crippen LogP contribution in [0, 0.1) is 11.3 Å². The first-order valence-corrected chi connectivity index (χ1v) is 10.4. The lowest BCUT2D eigenvalue weighted by Crippen LogP contribution is -2.51. The molecule has 29 heavy (non-hydrogen) atoms. The Balaban J connectivity index is 1.30. The smallest absolute Gasteiger partial charge is 0.407 e. The van der Waals surface area contributed by atoms with E-state index in [0.717, 1.165) is 43.2 Å². The Morgan fingerprint density at radius 1 is 1.03 bits per heavy atom. The Labute approximate surface area is 170 Å². The van der Waals surface area contributed by atoms with E-state index in [-0.39, 0.29) is 17.9 Å². The van der Waals surface area contributed by atoms with E-state index < -0.39 is 18.1 Å². The molecule has 0 radical (unpaired) electrons. The standard InChI is InChI=1S/C24H25NO4/c26-22(27)21(24-11-9-15(13-24)10-12-24)25-23(28)29-14-20-18-7-3-1-5-16(18)17-6-2-4-8-19(17)20/h1-8,15,20-21H,9-14H2,(H,25,28)(H,26,27). The zero-order chi connectivity index (χ0) is 20.0. The highest BCUT2D eigenvalue weighted by Crippen LogP contribution is 2.56. The summed E-state index contributed by atoms with van der Waals surface area (Å²) in [6, 6.07) is 15.5. The summed E-state index contributed by atoms with van der Waals surface area (Å²) < 4.78 is 5.57. The molecule has 5 heteroatoms. The van der Waals surface area contributed by atoms with Crippen molar-refractivity contribution < 1.29 is 19.4 Å². The minimum Gasteiger partial charge on any atom is -0.480 e. The predicted octanol–water partition coefficient (Wildman–Crippen LogP) is 4.56.